The zero-order valence-corrected chi connectivity index (χ0v) is 16.8. The van der Waals surface area contributed by atoms with Gasteiger partial charge >= 0.3 is 0 Å². The third-order valence-corrected chi connectivity index (χ3v) is 4.61. The van der Waals surface area contributed by atoms with Gasteiger partial charge in [0.1, 0.15) is 11.6 Å². The third kappa shape index (κ3) is 3.35. The second-order valence-electron chi connectivity index (χ2n) is 7.03. The van der Waals surface area contributed by atoms with Crippen LogP contribution in [0.1, 0.15) is 11.1 Å². The van der Waals surface area contributed by atoms with Gasteiger partial charge in [-0.25, -0.2) is 0 Å². The highest BCUT2D eigenvalue weighted by molar-refractivity contribution is 6.34. The molecule has 3 rings (SSSR count). The molecule has 0 aromatic heterocycles. The predicted molar refractivity (Wildman–Crippen MR) is 113 cm³/mol. The third-order valence-electron chi connectivity index (χ3n) is 4.61. The monoisotopic (exact) mass is 373 g/mol. The summed E-state index contributed by atoms with van der Waals surface area (Å²) < 4.78 is 0. The Balaban J connectivity index is 2.18. The molecule has 2 aromatic carbocycles. The number of nitrogens with zero attached hydrogens (tertiary/aromatic N) is 5. The van der Waals surface area contributed by atoms with Crippen molar-refractivity contribution in [2.45, 2.75) is 6.92 Å². The molecule has 0 fully saturated rings. The molecule has 1 aliphatic heterocycles. The second-order valence-corrected chi connectivity index (χ2v) is 7.03. The zero-order chi connectivity index (χ0) is 20.4. The lowest BCUT2D eigenvalue weighted by Crippen LogP contribution is -2.26. The minimum Gasteiger partial charge on any atom is -0.378 e. The molecule has 1 heterocycles. The van der Waals surface area contributed by atoms with Gasteiger partial charge in [-0.05, 0) is 42.3 Å². The summed E-state index contributed by atoms with van der Waals surface area (Å²) in [4.78, 5) is 17.0. The van der Waals surface area contributed by atoms with Crippen molar-refractivity contribution in [3.63, 3.8) is 0 Å². The summed E-state index contributed by atoms with van der Waals surface area (Å²) in [7, 11) is 7.56. The molecular weight excluding hydrogens is 350 g/mol. The van der Waals surface area contributed by atoms with Gasteiger partial charge in [-0.15, -0.1) is 5.10 Å². The smallest absolute Gasteiger partial charge is 0.283 e. The van der Waals surface area contributed by atoms with Crippen molar-refractivity contribution in [2.24, 2.45) is 5.10 Å². The highest BCUT2D eigenvalue weighted by Gasteiger charge is 2.36. The molecule has 0 radical (unpaired) electrons. The number of aryl methyl sites for hydroxylation is 1. The Hall–Kier alpha value is -3.59. The highest BCUT2D eigenvalue weighted by atomic mass is 16.2. The van der Waals surface area contributed by atoms with E-state index in [0.717, 1.165) is 16.8 Å². The molecule has 6 nitrogen and oxygen atoms in total. The number of amidine groups is 1. The van der Waals surface area contributed by atoms with E-state index in [1.54, 1.807) is 4.90 Å². The highest BCUT2D eigenvalue weighted by Crippen LogP contribution is 2.31. The largest absolute Gasteiger partial charge is 0.378 e. The van der Waals surface area contributed by atoms with Gasteiger partial charge < -0.3 is 9.80 Å². The first-order chi connectivity index (χ1) is 13.3. The average molecular weight is 373 g/mol. The summed E-state index contributed by atoms with van der Waals surface area (Å²) in [6, 6.07) is 17.3. The van der Waals surface area contributed by atoms with Crippen LogP contribution in [0.4, 0.5) is 11.4 Å². The van der Waals surface area contributed by atoms with E-state index in [1.165, 1.54) is 5.01 Å². The maximum Gasteiger partial charge on any atom is 0.283 e. The molecule has 142 valence electrons. The Kier molecular flexibility index (Phi) is 5.18. The van der Waals surface area contributed by atoms with Crippen LogP contribution < -0.4 is 9.91 Å². The number of amides is 1. The van der Waals surface area contributed by atoms with Gasteiger partial charge in [0.05, 0.1) is 11.3 Å². The number of carbonyl (C=O) groups excluding carboxylic acids is 1. The molecular formula is C22H23N5O. The topological polar surface area (TPSA) is 62.9 Å². The fourth-order valence-electron chi connectivity index (χ4n) is 3.12. The standard InChI is InChI=1S/C22H23N5O/c1-15-13-17(25(2)3)11-12-18(15)19(14-23)20-21(26(4)5)24-27(22(20)28)16-9-7-6-8-10-16/h6-13H,1-5H3/b20-19-. The van der Waals surface area contributed by atoms with E-state index < -0.39 is 0 Å². The van der Waals surface area contributed by atoms with Crippen LogP contribution in [0.3, 0.4) is 0 Å². The number of benzene rings is 2. The van der Waals surface area contributed by atoms with E-state index in [2.05, 4.69) is 11.2 Å². The summed E-state index contributed by atoms with van der Waals surface area (Å²) >= 11 is 0. The molecule has 2 aromatic rings. The van der Waals surface area contributed by atoms with E-state index >= 15 is 0 Å². The van der Waals surface area contributed by atoms with Crippen molar-refractivity contribution in [1.82, 2.24) is 4.90 Å². The van der Waals surface area contributed by atoms with Gasteiger partial charge in [0.15, 0.2) is 5.84 Å². The van der Waals surface area contributed by atoms with E-state index in [4.69, 9.17) is 0 Å². The maximum absolute atomic E-state index is 13.2. The number of allylic oxidation sites excluding steroid dienone is 1. The Labute approximate surface area is 165 Å². The van der Waals surface area contributed by atoms with Gasteiger partial charge in [-0.1, -0.05) is 24.3 Å². The number of para-hydroxylation sites is 1. The van der Waals surface area contributed by atoms with E-state index in [0.29, 0.717) is 22.7 Å². The minimum atomic E-state index is -0.303. The molecule has 1 amide bonds. The molecule has 0 spiro atoms. The van der Waals surface area contributed by atoms with Crippen LogP contribution in [-0.2, 0) is 4.79 Å². The molecule has 0 aliphatic carbocycles. The van der Waals surface area contributed by atoms with Crippen LogP contribution in [0.15, 0.2) is 59.2 Å². The molecule has 0 saturated heterocycles. The summed E-state index contributed by atoms with van der Waals surface area (Å²) in [6.45, 7) is 1.95. The van der Waals surface area contributed by atoms with Gasteiger partial charge in [0.25, 0.3) is 5.91 Å². The zero-order valence-electron chi connectivity index (χ0n) is 16.8. The molecule has 28 heavy (non-hydrogen) atoms. The molecule has 1 aliphatic rings. The van der Waals surface area contributed by atoms with Crippen molar-refractivity contribution in [2.75, 3.05) is 38.1 Å². The van der Waals surface area contributed by atoms with Crippen LogP contribution in [0, 0.1) is 18.3 Å². The molecule has 0 bridgehead atoms. The number of hydrogen-bond acceptors (Lipinski definition) is 5. The second kappa shape index (κ2) is 7.57. The van der Waals surface area contributed by atoms with Crippen LogP contribution in [-0.4, -0.2) is 44.8 Å². The number of hydrazone groups is 1. The molecule has 0 unspecified atom stereocenters. The molecule has 0 saturated carbocycles. The number of rotatable bonds is 3. The summed E-state index contributed by atoms with van der Waals surface area (Å²) in [5.41, 5.74) is 4.02. The van der Waals surface area contributed by atoms with Gasteiger partial charge in [-0.3, -0.25) is 4.79 Å². The first-order valence-electron chi connectivity index (χ1n) is 8.93. The number of nitriles is 1. The maximum atomic E-state index is 13.2. The molecule has 0 N–H and O–H groups in total. The summed E-state index contributed by atoms with van der Waals surface area (Å²) in [5, 5.41) is 15.8. The quantitative estimate of drug-likeness (QED) is 0.612. The average Bonchev–Trinajstić information content (AvgIpc) is 3.02. The lowest BCUT2D eigenvalue weighted by Gasteiger charge is -2.17. The van der Waals surface area contributed by atoms with Gasteiger partial charge in [0.2, 0.25) is 0 Å². The molecule has 0 atom stereocenters. The first-order valence-corrected chi connectivity index (χ1v) is 8.93. The minimum absolute atomic E-state index is 0.303. The lowest BCUT2D eigenvalue weighted by atomic mass is 9.95. The number of carbonyl (C=O) groups is 1. The van der Waals surface area contributed by atoms with Crippen LogP contribution in [0.2, 0.25) is 0 Å². The van der Waals surface area contributed by atoms with Crippen molar-refractivity contribution in [3.05, 3.63) is 65.2 Å². The van der Waals surface area contributed by atoms with Gasteiger partial charge in [0, 0.05) is 33.9 Å². The molecule has 6 heteroatoms. The van der Waals surface area contributed by atoms with Crippen LogP contribution in [0.5, 0.6) is 0 Å². The predicted octanol–water partition coefficient (Wildman–Crippen LogP) is 3.26. The SMILES string of the molecule is Cc1cc(N(C)C)ccc1/C(C#N)=C1\C(=O)N(c2ccccc2)N=C1N(C)C. The number of hydrogen-bond donors (Lipinski definition) is 0. The Morgan fingerprint density at radius 1 is 1.04 bits per heavy atom. The number of likely N-dealkylation sites (N-methyl/N-ethyl adjacent to an activating group) is 1. The number of anilines is 2. The van der Waals surface area contributed by atoms with Gasteiger partial charge in [-0.2, -0.15) is 10.3 Å². The van der Waals surface area contributed by atoms with E-state index in [-0.39, 0.29) is 5.91 Å². The Morgan fingerprint density at radius 3 is 2.25 bits per heavy atom. The van der Waals surface area contributed by atoms with E-state index in [1.807, 2.05) is 88.5 Å². The van der Waals surface area contributed by atoms with Crippen molar-refractivity contribution in [1.29, 1.82) is 5.26 Å². The Morgan fingerprint density at radius 2 is 1.71 bits per heavy atom. The fourth-order valence-corrected chi connectivity index (χ4v) is 3.12. The Bertz CT molecular complexity index is 1010. The van der Waals surface area contributed by atoms with Crippen molar-refractivity contribution in [3.8, 4) is 6.07 Å². The van der Waals surface area contributed by atoms with E-state index in [9.17, 15) is 10.1 Å². The fraction of sp³-hybridized carbons (Fsp3) is 0.227. The summed E-state index contributed by atoms with van der Waals surface area (Å²) in [5.74, 6) is 0.170. The normalized spacial score (nSPS) is 15.2. The van der Waals surface area contributed by atoms with Crippen LogP contribution >= 0.6 is 0 Å². The van der Waals surface area contributed by atoms with Crippen LogP contribution in [0.25, 0.3) is 5.57 Å². The van der Waals surface area contributed by atoms with Crippen molar-refractivity contribution < 1.29 is 4.79 Å². The van der Waals surface area contributed by atoms with Crippen molar-refractivity contribution >= 4 is 28.7 Å². The first kappa shape index (κ1) is 19.2. The lowest BCUT2D eigenvalue weighted by molar-refractivity contribution is -0.114. The summed E-state index contributed by atoms with van der Waals surface area (Å²) in [6.07, 6.45) is 0.